The molecule has 104 valence electrons. The molecular formula is C17H17ClO2. The van der Waals surface area contributed by atoms with E-state index in [2.05, 4.69) is 31.2 Å². The fourth-order valence-corrected chi connectivity index (χ4v) is 2.55. The summed E-state index contributed by atoms with van der Waals surface area (Å²) in [5.74, 6) is 1.59. The van der Waals surface area contributed by atoms with Crippen LogP contribution in [0.3, 0.4) is 0 Å². The van der Waals surface area contributed by atoms with Gasteiger partial charge in [-0.2, -0.15) is 0 Å². The topological polar surface area (TPSA) is 18.5 Å². The molecule has 0 saturated carbocycles. The molecule has 1 aliphatic heterocycles. The molecule has 0 N–H and O–H groups in total. The average molecular weight is 289 g/mol. The van der Waals surface area contributed by atoms with Crippen molar-refractivity contribution in [3.8, 4) is 11.5 Å². The van der Waals surface area contributed by atoms with E-state index < -0.39 is 0 Å². The van der Waals surface area contributed by atoms with Crippen LogP contribution in [0.4, 0.5) is 0 Å². The van der Waals surface area contributed by atoms with Gasteiger partial charge in [0.1, 0.15) is 0 Å². The van der Waals surface area contributed by atoms with Crippen LogP contribution in [0.1, 0.15) is 28.5 Å². The normalized spacial score (nSPS) is 15.5. The number of hydrogen-bond donors (Lipinski definition) is 0. The number of hydrogen-bond acceptors (Lipinski definition) is 2. The number of halogens is 1. The highest BCUT2D eigenvalue weighted by molar-refractivity contribution is 6.22. The molecule has 1 heterocycles. The summed E-state index contributed by atoms with van der Waals surface area (Å²) in [5.41, 5.74) is 3.35. The van der Waals surface area contributed by atoms with Gasteiger partial charge in [0.15, 0.2) is 11.5 Å². The molecular weight excluding hydrogens is 272 g/mol. The lowest BCUT2D eigenvalue weighted by Crippen LogP contribution is -1.97. The first kappa shape index (κ1) is 13.3. The minimum atomic E-state index is -0.173. The Bertz CT molecular complexity index is 592. The Kier molecular flexibility index (Phi) is 3.83. The molecule has 1 atom stereocenters. The largest absolute Gasteiger partial charge is 0.490 e. The molecule has 2 nitrogen and oxygen atoms in total. The van der Waals surface area contributed by atoms with Gasteiger partial charge in [0.2, 0.25) is 0 Å². The van der Waals surface area contributed by atoms with Crippen LogP contribution in [0.15, 0.2) is 42.5 Å². The van der Waals surface area contributed by atoms with Crippen LogP contribution in [0.5, 0.6) is 11.5 Å². The zero-order valence-corrected chi connectivity index (χ0v) is 12.2. The van der Waals surface area contributed by atoms with Gasteiger partial charge in [-0.15, -0.1) is 11.6 Å². The highest BCUT2D eigenvalue weighted by Gasteiger charge is 2.16. The number of rotatable bonds is 2. The fraction of sp³-hybridized carbons (Fsp3) is 0.294. The first-order valence-electron chi connectivity index (χ1n) is 6.84. The van der Waals surface area contributed by atoms with E-state index in [4.69, 9.17) is 21.1 Å². The molecule has 1 aliphatic rings. The maximum atomic E-state index is 6.57. The van der Waals surface area contributed by atoms with Gasteiger partial charge in [0, 0.05) is 6.42 Å². The van der Waals surface area contributed by atoms with Crippen molar-refractivity contribution < 1.29 is 9.47 Å². The second-order valence-corrected chi connectivity index (χ2v) is 5.47. The van der Waals surface area contributed by atoms with E-state index in [0.717, 1.165) is 29.0 Å². The predicted molar refractivity (Wildman–Crippen MR) is 80.9 cm³/mol. The van der Waals surface area contributed by atoms with Crippen molar-refractivity contribution >= 4 is 11.6 Å². The van der Waals surface area contributed by atoms with E-state index in [1.807, 2.05) is 18.2 Å². The van der Waals surface area contributed by atoms with E-state index in [-0.39, 0.29) is 5.38 Å². The highest BCUT2D eigenvalue weighted by Crippen LogP contribution is 2.36. The smallest absolute Gasteiger partial charge is 0.161 e. The molecule has 0 bridgehead atoms. The Hall–Kier alpha value is -1.67. The van der Waals surface area contributed by atoms with Crippen molar-refractivity contribution in [1.29, 1.82) is 0 Å². The van der Waals surface area contributed by atoms with Gasteiger partial charge in [-0.3, -0.25) is 0 Å². The lowest BCUT2D eigenvalue weighted by Gasteiger charge is -2.14. The van der Waals surface area contributed by atoms with Crippen molar-refractivity contribution in [2.45, 2.75) is 18.7 Å². The van der Waals surface area contributed by atoms with Crippen LogP contribution < -0.4 is 9.47 Å². The Labute approximate surface area is 124 Å². The van der Waals surface area contributed by atoms with E-state index in [9.17, 15) is 0 Å². The second kappa shape index (κ2) is 5.76. The number of ether oxygens (including phenoxy) is 2. The summed E-state index contributed by atoms with van der Waals surface area (Å²) in [6.45, 7) is 3.46. The Balaban J connectivity index is 1.90. The molecule has 20 heavy (non-hydrogen) atoms. The number of aryl methyl sites for hydroxylation is 1. The van der Waals surface area contributed by atoms with Crippen LogP contribution in [-0.2, 0) is 0 Å². The van der Waals surface area contributed by atoms with Gasteiger partial charge >= 0.3 is 0 Å². The molecule has 0 amide bonds. The van der Waals surface area contributed by atoms with Gasteiger partial charge in [-0.1, -0.05) is 35.9 Å². The minimum Gasteiger partial charge on any atom is -0.490 e. The molecule has 2 aromatic rings. The first-order chi connectivity index (χ1) is 9.74. The molecule has 3 rings (SSSR count). The average Bonchev–Trinajstić information content (AvgIpc) is 2.71. The first-order valence-corrected chi connectivity index (χ1v) is 7.28. The van der Waals surface area contributed by atoms with Crippen molar-refractivity contribution in [2.75, 3.05) is 13.2 Å². The number of alkyl halides is 1. The van der Waals surface area contributed by atoms with E-state index in [1.54, 1.807) is 0 Å². The molecule has 3 heteroatoms. The van der Waals surface area contributed by atoms with Crippen LogP contribution in [0, 0.1) is 6.92 Å². The summed E-state index contributed by atoms with van der Waals surface area (Å²) in [6, 6.07) is 14.2. The maximum Gasteiger partial charge on any atom is 0.161 e. The van der Waals surface area contributed by atoms with Crippen molar-refractivity contribution in [3.05, 3.63) is 59.2 Å². The molecule has 2 aromatic carbocycles. The zero-order valence-electron chi connectivity index (χ0n) is 11.4. The van der Waals surface area contributed by atoms with Crippen LogP contribution >= 0.6 is 11.6 Å². The SMILES string of the molecule is Cc1ccc(C(Cl)c2ccc3c(c2)OCCCO3)cc1. The van der Waals surface area contributed by atoms with Crippen molar-refractivity contribution in [3.63, 3.8) is 0 Å². The summed E-state index contributed by atoms with van der Waals surface area (Å²) in [7, 11) is 0. The van der Waals surface area contributed by atoms with Crippen LogP contribution in [-0.4, -0.2) is 13.2 Å². The summed E-state index contributed by atoms with van der Waals surface area (Å²) in [5, 5.41) is -0.173. The van der Waals surface area contributed by atoms with Gasteiger partial charge in [0.25, 0.3) is 0 Å². The summed E-state index contributed by atoms with van der Waals surface area (Å²) >= 11 is 6.57. The van der Waals surface area contributed by atoms with E-state index in [0.29, 0.717) is 13.2 Å². The predicted octanol–water partition coefficient (Wildman–Crippen LogP) is 4.48. The number of benzene rings is 2. The second-order valence-electron chi connectivity index (χ2n) is 5.03. The molecule has 0 fully saturated rings. The van der Waals surface area contributed by atoms with Gasteiger partial charge in [-0.25, -0.2) is 0 Å². The van der Waals surface area contributed by atoms with E-state index >= 15 is 0 Å². The van der Waals surface area contributed by atoms with Gasteiger partial charge in [0.05, 0.1) is 18.6 Å². The summed E-state index contributed by atoms with van der Waals surface area (Å²) in [4.78, 5) is 0. The molecule has 0 radical (unpaired) electrons. The third kappa shape index (κ3) is 2.75. The Morgan fingerprint density at radius 2 is 1.55 bits per heavy atom. The Morgan fingerprint density at radius 3 is 2.30 bits per heavy atom. The van der Waals surface area contributed by atoms with Crippen LogP contribution in [0.25, 0.3) is 0 Å². The van der Waals surface area contributed by atoms with Crippen molar-refractivity contribution in [1.82, 2.24) is 0 Å². The van der Waals surface area contributed by atoms with Gasteiger partial charge < -0.3 is 9.47 Å². The third-order valence-corrected chi connectivity index (χ3v) is 3.94. The summed E-state index contributed by atoms with van der Waals surface area (Å²) in [6.07, 6.45) is 0.909. The summed E-state index contributed by atoms with van der Waals surface area (Å²) < 4.78 is 11.3. The standard InChI is InChI=1S/C17H17ClO2/c1-12-3-5-13(6-4-12)17(18)14-7-8-15-16(11-14)20-10-2-9-19-15/h3-8,11,17H,2,9-10H2,1H3. The lowest BCUT2D eigenvalue weighted by molar-refractivity contribution is 0.297. The highest BCUT2D eigenvalue weighted by atomic mass is 35.5. The molecule has 0 aliphatic carbocycles. The monoisotopic (exact) mass is 288 g/mol. The number of fused-ring (bicyclic) bond motifs is 1. The minimum absolute atomic E-state index is 0.173. The van der Waals surface area contributed by atoms with Crippen LogP contribution in [0.2, 0.25) is 0 Å². The third-order valence-electron chi connectivity index (χ3n) is 3.43. The maximum absolute atomic E-state index is 6.57. The Morgan fingerprint density at radius 1 is 0.900 bits per heavy atom. The lowest BCUT2D eigenvalue weighted by atomic mass is 10.0. The molecule has 0 spiro atoms. The molecule has 0 aromatic heterocycles. The van der Waals surface area contributed by atoms with E-state index in [1.165, 1.54) is 5.56 Å². The van der Waals surface area contributed by atoms with Crippen molar-refractivity contribution in [2.24, 2.45) is 0 Å². The zero-order chi connectivity index (χ0) is 13.9. The quantitative estimate of drug-likeness (QED) is 0.758. The molecule has 1 unspecified atom stereocenters. The van der Waals surface area contributed by atoms with Gasteiger partial charge in [-0.05, 0) is 30.2 Å². The fourth-order valence-electron chi connectivity index (χ4n) is 2.27. The molecule has 0 saturated heterocycles.